The summed E-state index contributed by atoms with van der Waals surface area (Å²) in [5, 5.41) is 3.40. The van der Waals surface area contributed by atoms with Crippen LogP contribution in [-0.4, -0.2) is 45.1 Å². The Hall–Kier alpha value is -3.13. The molecule has 1 heterocycles. The SMILES string of the molecule is CCN(CC)C(=O)c1cccc(NC(=O)CSc2nccn2-c2cccc(F)c2)c1. The number of hydrogen-bond acceptors (Lipinski definition) is 4. The van der Waals surface area contributed by atoms with Crippen molar-refractivity contribution in [3.05, 3.63) is 72.3 Å². The summed E-state index contributed by atoms with van der Waals surface area (Å²) >= 11 is 1.25. The summed E-state index contributed by atoms with van der Waals surface area (Å²) in [5.41, 5.74) is 1.73. The molecule has 156 valence electrons. The number of imidazole rings is 1. The lowest BCUT2D eigenvalue weighted by Crippen LogP contribution is -2.30. The zero-order chi connectivity index (χ0) is 21.5. The van der Waals surface area contributed by atoms with E-state index in [4.69, 9.17) is 0 Å². The summed E-state index contributed by atoms with van der Waals surface area (Å²) < 4.78 is 15.2. The van der Waals surface area contributed by atoms with Gasteiger partial charge >= 0.3 is 0 Å². The molecule has 0 saturated carbocycles. The monoisotopic (exact) mass is 426 g/mol. The van der Waals surface area contributed by atoms with Gasteiger partial charge in [0.1, 0.15) is 5.82 Å². The number of benzene rings is 2. The molecule has 0 radical (unpaired) electrons. The summed E-state index contributed by atoms with van der Waals surface area (Å²) in [7, 11) is 0. The quantitative estimate of drug-likeness (QED) is 0.548. The maximum absolute atomic E-state index is 13.5. The van der Waals surface area contributed by atoms with Crippen molar-refractivity contribution >= 4 is 29.3 Å². The maximum atomic E-state index is 13.5. The molecule has 0 bridgehead atoms. The smallest absolute Gasteiger partial charge is 0.253 e. The van der Waals surface area contributed by atoms with Crippen LogP contribution in [-0.2, 0) is 4.79 Å². The van der Waals surface area contributed by atoms with Crippen molar-refractivity contribution < 1.29 is 14.0 Å². The average molecular weight is 427 g/mol. The van der Waals surface area contributed by atoms with Crippen LogP contribution in [0.2, 0.25) is 0 Å². The molecular weight excluding hydrogens is 403 g/mol. The molecule has 2 aromatic carbocycles. The van der Waals surface area contributed by atoms with E-state index >= 15 is 0 Å². The summed E-state index contributed by atoms with van der Waals surface area (Å²) in [4.78, 5) is 30.9. The second kappa shape index (κ2) is 10.1. The fraction of sp³-hybridized carbons (Fsp3) is 0.227. The van der Waals surface area contributed by atoms with Gasteiger partial charge in [-0.2, -0.15) is 0 Å². The first-order valence-electron chi connectivity index (χ1n) is 9.63. The summed E-state index contributed by atoms with van der Waals surface area (Å²) in [6.45, 7) is 5.11. The lowest BCUT2D eigenvalue weighted by molar-refractivity contribution is -0.113. The van der Waals surface area contributed by atoms with Gasteiger partial charge in [0.25, 0.3) is 5.91 Å². The van der Waals surface area contributed by atoms with Gasteiger partial charge in [-0.25, -0.2) is 9.37 Å². The number of aromatic nitrogens is 2. The molecule has 0 atom stereocenters. The van der Waals surface area contributed by atoms with Crippen molar-refractivity contribution in [3.63, 3.8) is 0 Å². The molecule has 0 aliphatic rings. The Labute approximate surface area is 179 Å². The van der Waals surface area contributed by atoms with Gasteiger partial charge < -0.3 is 10.2 Å². The van der Waals surface area contributed by atoms with E-state index in [2.05, 4.69) is 10.3 Å². The minimum atomic E-state index is -0.339. The second-order valence-corrected chi connectivity index (χ2v) is 7.40. The van der Waals surface area contributed by atoms with Gasteiger partial charge in [0, 0.05) is 36.7 Å². The Morgan fingerprint density at radius 3 is 2.63 bits per heavy atom. The Morgan fingerprint density at radius 1 is 1.13 bits per heavy atom. The van der Waals surface area contributed by atoms with Crippen LogP contribution in [0, 0.1) is 5.82 Å². The minimum absolute atomic E-state index is 0.0670. The number of nitrogens with one attached hydrogen (secondary N) is 1. The van der Waals surface area contributed by atoms with Crippen LogP contribution in [0.5, 0.6) is 0 Å². The van der Waals surface area contributed by atoms with Crippen LogP contribution >= 0.6 is 11.8 Å². The fourth-order valence-electron chi connectivity index (χ4n) is 2.97. The molecule has 30 heavy (non-hydrogen) atoms. The molecule has 0 unspecified atom stereocenters. The number of anilines is 1. The first-order chi connectivity index (χ1) is 14.5. The number of nitrogens with zero attached hydrogens (tertiary/aromatic N) is 3. The maximum Gasteiger partial charge on any atom is 0.253 e. The average Bonchev–Trinajstić information content (AvgIpc) is 3.22. The van der Waals surface area contributed by atoms with Crippen molar-refractivity contribution in [2.75, 3.05) is 24.2 Å². The van der Waals surface area contributed by atoms with Crippen LogP contribution < -0.4 is 5.32 Å². The number of carbonyl (C=O) groups excluding carboxylic acids is 2. The molecule has 6 nitrogen and oxygen atoms in total. The van der Waals surface area contributed by atoms with Crippen LogP contribution in [0.25, 0.3) is 5.69 Å². The largest absolute Gasteiger partial charge is 0.339 e. The highest BCUT2D eigenvalue weighted by molar-refractivity contribution is 7.99. The lowest BCUT2D eigenvalue weighted by atomic mass is 10.1. The van der Waals surface area contributed by atoms with E-state index in [1.165, 1.54) is 23.9 Å². The van der Waals surface area contributed by atoms with E-state index in [0.29, 0.717) is 35.2 Å². The molecule has 8 heteroatoms. The fourth-order valence-corrected chi connectivity index (χ4v) is 3.74. The summed E-state index contributed by atoms with van der Waals surface area (Å²) in [6, 6.07) is 13.1. The van der Waals surface area contributed by atoms with E-state index in [0.717, 1.165) is 0 Å². The second-order valence-electron chi connectivity index (χ2n) is 6.45. The van der Waals surface area contributed by atoms with Crippen molar-refractivity contribution in [3.8, 4) is 5.69 Å². The van der Waals surface area contributed by atoms with Gasteiger partial charge in [0.05, 0.1) is 11.4 Å². The molecule has 0 fully saturated rings. The Bertz CT molecular complexity index is 1030. The molecule has 0 aliphatic heterocycles. The number of carbonyl (C=O) groups is 2. The van der Waals surface area contributed by atoms with E-state index in [-0.39, 0.29) is 23.4 Å². The van der Waals surface area contributed by atoms with Gasteiger partial charge in [0.2, 0.25) is 5.91 Å². The van der Waals surface area contributed by atoms with E-state index in [1.54, 1.807) is 58.3 Å². The van der Waals surface area contributed by atoms with Crippen molar-refractivity contribution in [2.45, 2.75) is 19.0 Å². The number of hydrogen-bond donors (Lipinski definition) is 1. The first kappa shape index (κ1) is 21.6. The lowest BCUT2D eigenvalue weighted by Gasteiger charge is -2.19. The standard InChI is InChI=1S/C22H23FN4O2S/c1-3-26(4-2)21(29)16-7-5-9-18(13-16)25-20(28)15-30-22-24-11-12-27(22)19-10-6-8-17(23)14-19/h5-14H,3-4,15H2,1-2H3,(H,25,28). The molecule has 0 saturated heterocycles. The topological polar surface area (TPSA) is 67.2 Å². The van der Waals surface area contributed by atoms with Gasteiger partial charge in [-0.05, 0) is 50.2 Å². The van der Waals surface area contributed by atoms with Crippen molar-refractivity contribution in [1.82, 2.24) is 14.5 Å². The highest BCUT2D eigenvalue weighted by Crippen LogP contribution is 2.21. The zero-order valence-corrected chi connectivity index (χ0v) is 17.7. The van der Waals surface area contributed by atoms with Gasteiger partial charge in [-0.15, -0.1) is 0 Å². The van der Waals surface area contributed by atoms with Crippen LogP contribution in [0.3, 0.4) is 0 Å². The highest BCUT2D eigenvalue weighted by Gasteiger charge is 2.14. The molecule has 3 aromatic rings. The molecule has 0 aliphatic carbocycles. The molecule has 0 spiro atoms. The predicted molar refractivity (Wildman–Crippen MR) is 117 cm³/mol. The van der Waals surface area contributed by atoms with E-state index in [9.17, 15) is 14.0 Å². The Morgan fingerprint density at radius 2 is 1.90 bits per heavy atom. The van der Waals surface area contributed by atoms with Crippen molar-refractivity contribution in [2.24, 2.45) is 0 Å². The first-order valence-corrected chi connectivity index (χ1v) is 10.6. The number of thioether (sulfide) groups is 1. The van der Waals surface area contributed by atoms with Crippen molar-refractivity contribution in [1.29, 1.82) is 0 Å². The third kappa shape index (κ3) is 5.27. The zero-order valence-electron chi connectivity index (χ0n) is 16.8. The number of rotatable bonds is 8. The van der Waals surface area contributed by atoms with Gasteiger partial charge in [-0.1, -0.05) is 23.9 Å². The minimum Gasteiger partial charge on any atom is -0.339 e. The number of amides is 2. The van der Waals surface area contributed by atoms with Crippen LogP contribution in [0.1, 0.15) is 24.2 Å². The third-order valence-corrected chi connectivity index (χ3v) is 5.44. The molecule has 1 N–H and O–H groups in total. The molecule has 1 aromatic heterocycles. The van der Waals surface area contributed by atoms with Gasteiger partial charge in [0.15, 0.2) is 5.16 Å². The highest BCUT2D eigenvalue weighted by atomic mass is 32.2. The van der Waals surface area contributed by atoms with Crippen LogP contribution in [0.15, 0.2) is 66.1 Å². The number of halogens is 1. The Balaban J connectivity index is 1.63. The van der Waals surface area contributed by atoms with E-state index in [1.807, 2.05) is 13.8 Å². The Kier molecular flexibility index (Phi) is 7.24. The molecular formula is C22H23FN4O2S. The molecule has 3 rings (SSSR count). The molecule has 2 amide bonds. The third-order valence-electron chi connectivity index (χ3n) is 4.47. The van der Waals surface area contributed by atoms with Gasteiger partial charge in [-0.3, -0.25) is 14.2 Å². The van der Waals surface area contributed by atoms with E-state index < -0.39 is 0 Å². The van der Waals surface area contributed by atoms with Crippen LogP contribution in [0.4, 0.5) is 10.1 Å². The summed E-state index contributed by atoms with van der Waals surface area (Å²) in [6.07, 6.45) is 3.32. The predicted octanol–water partition coefficient (Wildman–Crippen LogP) is 4.22. The normalized spacial score (nSPS) is 10.6. The summed E-state index contributed by atoms with van der Waals surface area (Å²) in [5.74, 6) is -0.501.